The highest BCUT2D eigenvalue weighted by atomic mass is 32.2. The third kappa shape index (κ3) is 7.83. The minimum Gasteiger partial charge on any atom is -0.333 e. The molecule has 1 aromatic heterocycles. The SMILES string of the molecule is C=CS/C(=C\C)c1nccn(C)c1=NC(=C)C.CCCc1ccc(C)cc1. The van der Waals surface area contributed by atoms with Gasteiger partial charge in [-0.2, -0.15) is 0 Å². The number of aryl methyl sites for hydroxylation is 3. The van der Waals surface area contributed by atoms with Crippen LogP contribution in [0.1, 0.15) is 44.0 Å². The minimum absolute atomic E-state index is 0.758. The molecule has 0 aliphatic rings. The average Bonchev–Trinajstić information content (AvgIpc) is 2.64. The average molecular weight is 382 g/mol. The van der Waals surface area contributed by atoms with Crippen LogP contribution in [-0.4, -0.2) is 9.55 Å². The van der Waals surface area contributed by atoms with E-state index in [1.165, 1.54) is 35.7 Å². The third-order valence-electron chi connectivity index (χ3n) is 3.70. The van der Waals surface area contributed by atoms with Gasteiger partial charge in [-0.05, 0) is 38.2 Å². The lowest BCUT2D eigenvalue weighted by molar-refractivity contribution is 0.803. The van der Waals surface area contributed by atoms with Crippen LogP contribution in [0.5, 0.6) is 0 Å². The van der Waals surface area contributed by atoms with Crippen LogP contribution in [0, 0.1) is 6.92 Å². The Hall–Kier alpha value is -2.33. The molecule has 0 bridgehead atoms. The second kappa shape index (κ2) is 12.1. The summed E-state index contributed by atoms with van der Waals surface area (Å²) in [6, 6.07) is 8.76. The Labute approximate surface area is 168 Å². The van der Waals surface area contributed by atoms with E-state index in [2.05, 4.69) is 61.2 Å². The molecule has 4 heteroatoms. The molecular formula is C23H31N3S. The Morgan fingerprint density at radius 2 is 1.96 bits per heavy atom. The van der Waals surface area contributed by atoms with E-state index in [-0.39, 0.29) is 0 Å². The predicted molar refractivity (Wildman–Crippen MR) is 120 cm³/mol. The van der Waals surface area contributed by atoms with E-state index in [0.29, 0.717) is 0 Å². The van der Waals surface area contributed by atoms with E-state index in [0.717, 1.165) is 21.8 Å². The standard InChI is InChI=1S/C13H17N3S.C10H14/c1-6-11(17-7-2)12-13(15-10(3)4)16(5)9-8-14-12;1-3-4-10-7-5-9(2)6-8-10/h6-9H,2-3H2,1,4-5H3;5-8H,3-4H2,1-2H3/b11-6-,15-13?;. The first-order valence-corrected chi connectivity index (χ1v) is 10.0. The van der Waals surface area contributed by atoms with Crippen molar-refractivity contribution in [1.82, 2.24) is 9.55 Å². The first-order chi connectivity index (χ1) is 12.9. The molecule has 1 heterocycles. The van der Waals surface area contributed by atoms with Crippen LogP contribution in [-0.2, 0) is 13.5 Å². The molecule has 144 valence electrons. The fraction of sp³-hybridized carbons (Fsp3) is 0.304. The van der Waals surface area contributed by atoms with Crippen molar-refractivity contribution in [2.75, 3.05) is 0 Å². The highest BCUT2D eigenvalue weighted by Gasteiger charge is 2.06. The lowest BCUT2D eigenvalue weighted by Gasteiger charge is -2.07. The van der Waals surface area contributed by atoms with Gasteiger partial charge in [0.25, 0.3) is 0 Å². The molecule has 0 N–H and O–H groups in total. The molecule has 0 spiro atoms. The van der Waals surface area contributed by atoms with Crippen molar-refractivity contribution >= 4 is 16.7 Å². The first-order valence-electron chi connectivity index (χ1n) is 9.14. The van der Waals surface area contributed by atoms with Crippen LogP contribution in [0.3, 0.4) is 0 Å². The molecule has 0 fully saturated rings. The van der Waals surface area contributed by atoms with E-state index in [1.54, 1.807) is 11.6 Å². The highest BCUT2D eigenvalue weighted by Crippen LogP contribution is 2.23. The second-order valence-electron chi connectivity index (χ2n) is 6.23. The molecule has 0 amide bonds. The van der Waals surface area contributed by atoms with Crippen molar-refractivity contribution in [3.8, 4) is 0 Å². The first kappa shape index (κ1) is 22.7. The van der Waals surface area contributed by atoms with Gasteiger partial charge in [0.1, 0.15) is 5.69 Å². The summed E-state index contributed by atoms with van der Waals surface area (Å²) in [5, 5.41) is 1.79. The van der Waals surface area contributed by atoms with Gasteiger partial charge in [-0.15, -0.1) is 0 Å². The van der Waals surface area contributed by atoms with Gasteiger partial charge in [-0.1, -0.05) is 74.2 Å². The van der Waals surface area contributed by atoms with Crippen molar-refractivity contribution < 1.29 is 0 Å². The molecule has 0 aliphatic carbocycles. The summed E-state index contributed by atoms with van der Waals surface area (Å²) in [5.41, 5.74) is 5.22. The van der Waals surface area contributed by atoms with Gasteiger partial charge >= 0.3 is 0 Å². The maximum absolute atomic E-state index is 4.43. The Kier molecular flexibility index (Phi) is 10.2. The molecule has 0 saturated heterocycles. The largest absolute Gasteiger partial charge is 0.333 e. The number of aromatic nitrogens is 2. The van der Waals surface area contributed by atoms with E-state index >= 15 is 0 Å². The normalized spacial score (nSPS) is 11.6. The van der Waals surface area contributed by atoms with Gasteiger partial charge in [0.2, 0.25) is 0 Å². The summed E-state index contributed by atoms with van der Waals surface area (Å²) in [5.74, 6) is 0. The molecule has 0 atom stereocenters. The summed E-state index contributed by atoms with van der Waals surface area (Å²) in [6.45, 7) is 15.7. The fourth-order valence-electron chi connectivity index (χ4n) is 2.38. The Morgan fingerprint density at radius 1 is 1.30 bits per heavy atom. The maximum atomic E-state index is 4.43. The van der Waals surface area contributed by atoms with Crippen molar-refractivity contribution in [1.29, 1.82) is 0 Å². The van der Waals surface area contributed by atoms with Gasteiger partial charge in [0.05, 0.1) is 0 Å². The minimum atomic E-state index is 0.758. The van der Waals surface area contributed by atoms with Crippen LogP contribution < -0.4 is 5.49 Å². The van der Waals surface area contributed by atoms with E-state index in [9.17, 15) is 0 Å². The molecule has 2 rings (SSSR count). The zero-order chi connectivity index (χ0) is 20.2. The van der Waals surface area contributed by atoms with Gasteiger partial charge in [0, 0.05) is 30.0 Å². The monoisotopic (exact) mass is 381 g/mol. The van der Waals surface area contributed by atoms with E-state index in [1.807, 2.05) is 37.7 Å². The van der Waals surface area contributed by atoms with Gasteiger partial charge in [-0.3, -0.25) is 4.98 Å². The predicted octanol–water partition coefficient (Wildman–Crippen LogP) is 6.04. The molecule has 3 nitrogen and oxygen atoms in total. The van der Waals surface area contributed by atoms with Gasteiger partial charge in [-0.25, -0.2) is 4.99 Å². The van der Waals surface area contributed by atoms with E-state index < -0.39 is 0 Å². The lowest BCUT2D eigenvalue weighted by Crippen LogP contribution is -2.23. The summed E-state index contributed by atoms with van der Waals surface area (Å²) in [4.78, 5) is 9.86. The van der Waals surface area contributed by atoms with Crippen molar-refractivity contribution in [3.63, 3.8) is 0 Å². The molecule has 27 heavy (non-hydrogen) atoms. The molecule has 0 unspecified atom stereocenters. The van der Waals surface area contributed by atoms with Gasteiger partial charge in [0.15, 0.2) is 5.49 Å². The van der Waals surface area contributed by atoms with Crippen LogP contribution in [0.4, 0.5) is 0 Å². The molecule has 0 aliphatic heterocycles. The summed E-state index contributed by atoms with van der Waals surface area (Å²) in [6.07, 6.45) is 8.09. The summed E-state index contributed by atoms with van der Waals surface area (Å²) >= 11 is 1.54. The van der Waals surface area contributed by atoms with Crippen molar-refractivity contribution in [3.05, 3.63) is 89.3 Å². The zero-order valence-corrected chi connectivity index (χ0v) is 18.0. The van der Waals surface area contributed by atoms with Crippen LogP contribution in [0.25, 0.3) is 4.91 Å². The Bertz CT molecular complexity index is 843. The van der Waals surface area contributed by atoms with E-state index in [4.69, 9.17) is 0 Å². The smallest absolute Gasteiger partial charge is 0.159 e. The molecule has 1 aromatic carbocycles. The molecule has 2 aromatic rings. The maximum Gasteiger partial charge on any atom is 0.159 e. The lowest BCUT2D eigenvalue weighted by atomic mass is 10.1. The quantitative estimate of drug-likeness (QED) is 0.610. The van der Waals surface area contributed by atoms with Crippen molar-refractivity contribution in [2.24, 2.45) is 12.0 Å². The van der Waals surface area contributed by atoms with Crippen LogP contribution >= 0.6 is 11.8 Å². The number of rotatable bonds is 6. The molecular weight excluding hydrogens is 350 g/mol. The van der Waals surface area contributed by atoms with Crippen molar-refractivity contribution in [2.45, 2.75) is 40.5 Å². The number of benzene rings is 1. The number of hydrogen-bond acceptors (Lipinski definition) is 3. The highest BCUT2D eigenvalue weighted by molar-refractivity contribution is 8.10. The summed E-state index contributed by atoms with van der Waals surface area (Å²) < 4.78 is 1.93. The second-order valence-corrected chi connectivity index (χ2v) is 7.24. The summed E-state index contributed by atoms with van der Waals surface area (Å²) in [7, 11) is 1.94. The Balaban J connectivity index is 0.000000309. The Morgan fingerprint density at radius 3 is 2.48 bits per heavy atom. The van der Waals surface area contributed by atoms with Gasteiger partial charge < -0.3 is 4.57 Å². The van der Waals surface area contributed by atoms with Crippen LogP contribution in [0.15, 0.2) is 72.0 Å². The van der Waals surface area contributed by atoms with Crippen LogP contribution in [0.2, 0.25) is 0 Å². The number of hydrogen-bond donors (Lipinski definition) is 0. The number of thioether (sulfide) groups is 1. The molecule has 0 radical (unpaired) electrons. The third-order valence-corrected chi connectivity index (χ3v) is 4.55. The topological polar surface area (TPSA) is 30.2 Å². The molecule has 0 saturated carbocycles. The fourth-order valence-corrected chi connectivity index (χ4v) is 2.95. The zero-order valence-electron chi connectivity index (χ0n) is 17.2. The number of nitrogens with zero attached hydrogens (tertiary/aromatic N) is 3. The number of allylic oxidation sites excluding steroid dienone is 2.